The molecule has 2 fully saturated rings. The van der Waals surface area contributed by atoms with Crippen molar-refractivity contribution in [3.63, 3.8) is 0 Å². The van der Waals surface area contributed by atoms with Crippen LogP contribution in [0, 0.1) is 19.7 Å². The van der Waals surface area contributed by atoms with Crippen LogP contribution < -0.4 is 9.64 Å². The van der Waals surface area contributed by atoms with Gasteiger partial charge in [-0.2, -0.15) is 15.1 Å². The van der Waals surface area contributed by atoms with E-state index in [1.165, 1.54) is 6.08 Å². The molecule has 0 saturated carbocycles. The Morgan fingerprint density at radius 1 is 1.18 bits per heavy atom. The third-order valence-corrected chi connectivity index (χ3v) is 10.2. The largest absolute Gasteiger partial charge is 0.462 e. The number of hydrogen-bond donors (Lipinski definition) is 0. The van der Waals surface area contributed by atoms with Crippen molar-refractivity contribution < 1.29 is 13.9 Å². The Labute approximate surface area is 277 Å². The van der Waals surface area contributed by atoms with Crippen molar-refractivity contribution in [2.24, 2.45) is 7.05 Å². The minimum atomic E-state index is -0.406. The lowest BCUT2D eigenvalue weighted by molar-refractivity contribution is -0.128. The topological polar surface area (TPSA) is 79.6 Å². The van der Waals surface area contributed by atoms with E-state index in [4.69, 9.17) is 14.7 Å². The van der Waals surface area contributed by atoms with E-state index in [-0.39, 0.29) is 32.9 Å². The molecule has 3 atom stereocenters. The molecule has 2 saturated heterocycles. The molecule has 1 amide bonds. The first kappa shape index (κ1) is 31.7. The van der Waals surface area contributed by atoms with Gasteiger partial charge in [-0.05, 0) is 70.9 Å². The fraction of sp³-hybridized carbons (Fsp3) is 0.471. The van der Waals surface area contributed by atoms with Crippen molar-refractivity contribution in [3.8, 4) is 17.1 Å². The second kappa shape index (κ2) is 12.1. The Balaban J connectivity index is 1.46. The van der Waals surface area contributed by atoms with E-state index in [1.54, 1.807) is 10.9 Å². The van der Waals surface area contributed by atoms with Crippen LogP contribution in [-0.4, -0.2) is 90.3 Å². The maximum atomic E-state index is 17.1. The molecule has 11 heteroatoms. The van der Waals surface area contributed by atoms with Crippen LogP contribution in [0.3, 0.4) is 0 Å². The molecular weight excluding hydrogens is 684 g/mol. The molecule has 2 aromatic heterocycles. The van der Waals surface area contributed by atoms with Gasteiger partial charge in [0.1, 0.15) is 17.9 Å². The van der Waals surface area contributed by atoms with Crippen molar-refractivity contribution >= 4 is 56.1 Å². The number of hydrogen-bond acceptors (Lipinski definition) is 7. The van der Waals surface area contributed by atoms with Gasteiger partial charge in [0.05, 0.1) is 11.7 Å². The summed E-state index contributed by atoms with van der Waals surface area (Å²) < 4.78 is 25.3. The van der Waals surface area contributed by atoms with Crippen LogP contribution >= 0.6 is 22.6 Å². The van der Waals surface area contributed by atoms with E-state index in [1.807, 2.05) is 50.9 Å². The molecule has 0 spiro atoms. The van der Waals surface area contributed by atoms with Crippen molar-refractivity contribution in [3.05, 3.63) is 54.0 Å². The second-order valence-corrected chi connectivity index (χ2v) is 15.5. The highest BCUT2D eigenvalue weighted by Gasteiger charge is 2.34. The SMILES string of the molecule is C=CC(=O)N1C[C@H](C)N(c2nc(OCCN3CCC(C)(I)C3)nc3c(F)c(-c4c(C)ccc5cnn(C)c45)c(C)cc23)C[C@H]1C. The highest BCUT2D eigenvalue weighted by atomic mass is 127. The zero-order valence-electron chi connectivity index (χ0n) is 26.9. The smallest absolute Gasteiger partial charge is 0.319 e. The average molecular weight is 726 g/mol. The van der Waals surface area contributed by atoms with Gasteiger partial charge < -0.3 is 14.5 Å². The third-order valence-electron chi connectivity index (χ3n) is 9.31. The number of rotatable bonds is 7. The number of piperazine rings is 1. The summed E-state index contributed by atoms with van der Waals surface area (Å²) in [6, 6.07) is 6.01. The molecule has 2 aliphatic heterocycles. The Bertz CT molecular complexity index is 1800. The van der Waals surface area contributed by atoms with E-state index < -0.39 is 5.82 Å². The van der Waals surface area contributed by atoms with Gasteiger partial charge in [-0.1, -0.05) is 41.3 Å². The summed E-state index contributed by atoms with van der Waals surface area (Å²) in [6.45, 7) is 18.1. The summed E-state index contributed by atoms with van der Waals surface area (Å²) in [6.07, 6.45) is 4.30. The number of aryl methyl sites for hydroxylation is 3. The molecular formula is C34H41FIN7O2. The molecule has 0 bridgehead atoms. The van der Waals surface area contributed by atoms with Gasteiger partial charge >= 0.3 is 6.01 Å². The Kier molecular flexibility index (Phi) is 8.53. The summed E-state index contributed by atoms with van der Waals surface area (Å²) in [7, 11) is 1.88. The van der Waals surface area contributed by atoms with Gasteiger partial charge in [0.15, 0.2) is 5.82 Å². The van der Waals surface area contributed by atoms with E-state index in [2.05, 4.69) is 57.9 Å². The number of fused-ring (bicyclic) bond motifs is 2. The predicted molar refractivity (Wildman–Crippen MR) is 186 cm³/mol. The number of carbonyl (C=O) groups excluding carboxylic acids is 1. The highest BCUT2D eigenvalue weighted by Crippen LogP contribution is 2.41. The van der Waals surface area contributed by atoms with Gasteiger partial charge in [0, 0.05) is 70.6 Å². The van der Waals surface area contributed by atoms with E-state index in [9.17, 15) is 4.79 Å². The fourth-order valence-electron chi connectivity index (χ4n) is 6.91. The molecule has 0 N–H and O–H groups in total. The van der Waals surface area contributed by atoms with Crippen LogP contribution in [0.4, 0.5) is 10.2 Å². The lowest BCUT2D eigenvalue weighted by atomic mass is 9.92. The Morgan fingerprint density at radius 2 is 1.96 bits per heavy atom. The fourth-order valence-corrected chi connectivity index (χ4v) is 7.63. The van der Waals surface area contributed by atoms with Crippen molar-refractivity contribution in [2.45, 2.75) is 56.5 Å². The molecule has 0 aliphatic carbocycles. The molecule has 6 rings (SSSR count). The van der Waals surface area contributed by atoms with Crippen molar-refractivity contribution in [2.75, 3.05) is 44.2 Å². The monoisotopic (exact) mass is 725 g/mol. The van der Waals surface area contributed by atoms with E-state index >= 15 is 4.39 Å². The molecule has 4 aromatic rings. The van der Waals surface area contributed by atoms with Gasteiger partial charge in [-0.25, -0.2) is 4.39 Å². The number of ether oxygens (including phenoxy) is 1. The molecule has 2 aliphatic rings. The number of nitrogens with zero attached hydrogens (tertiary/aromatic N) is 7. The quantitative estimate of drug-likeness (QED) is 0.135. The lowest BCUT2D eigenvalue weighted by Crippen LogP contribution is -2.58. The van der Waals surface area contributed by atoms with Crippen molar-refractivity contribution in [1.82, 2.24) is 29.5 Å². The predicted octanol–water partition coefficient (Wildman–Crippen LogP) is 5.83. The molecule has 238 valence electrons. The van der Waals surface area contributed by atoms with Crippen molar-refractivity contribution in [1.29, 1.82) is 0 Å². The zero-order chi connectivity index (χ0) is 32.2. The summed E-state index contributed by atoms with van der Waals surface area (Å²) in [5.74, 6) is 0.114. The lowest BCUT2D eigenvalue weighted by Gasteiger charge is -2.44. The first-order valence-electron chi connectivity index (χ1n) is 15.5. The number of benzene rings is 2. The maximum Gasteiger partial charge on any atom is 0.319 e. The third kappa shape index (κ3) is 5.89. The standard InChI is InChI=1S/C34H41FIN7O2/c1-8-26(44)42-17-23(5)43(18-22(42)4)32-25-15-21(3)27(28-20(2)9-10-24-16-37-40(7)31(24)28)29(35)30(25)38-33(39-32)45-14-13-41-12-11-34(6,36)19-41/h8-10,15-16,22-23H,1,11-14,17-19H2,2-7H3/t22-,23+,34?/m1/s1. The van der Waals surface area contributed by atoms with Gasteiger partial charge in [-0.3, -0.25) is 14.4 Å². The van der Waals surface area contributed by atoms with Crippen LogP contribution in [0.5, 0.6) is 6.01 Å². The first-order valence-corrected chi connectivity index (χ1v) is 16.6. The molecule has 0 radical (unpaired) electrons. The summed E-state index contributed by atoms with van der Waals surface area (Å²) in [5.41, 5.74) is 4.15. The molecule has 9 nitrogen and oxygen atoms in total. The Morgan fingerprint density at radius 3 is 2.67 bits per heavy atom. The summed E-state index contributed by atoms with van der Waals surface area (Å²) in [5, 5.41) is 6.02. The normalized spacial score (nSPS) is 22.5. The van der Waals surface area contributed by atoms with Crippen LogP contribution in [-0.2, 0) is 11.8 Å². The van der Waals surface area contributed by atoms with Crippen LogP contribution in [0.25, 0.3) is 32.9 Å². The van der Waals surface area contributed by atoms with E-state index in [0.29, 0.717) is 36.5 Å². The Hall–Kier alpha value is -3.32. The number of carbonyl (C=O) groups is 1. The zero-order valence-corrected chi connectivity index (χ0v) is 29.1. The maximum absolute atomic E-state index is 17.1. The minimum Gasteiger partial charge on any atom is -0.462 e. The summed E-state index contributed by atoms with van der Waals surface area (Å²) in [4.78, 5) is 28.6. The average Bonchev–Trinajstić information content (AvgIpc) is 3.55. The van der Waals surface area contributed by atoms with E-state index in [0.717, 1.165) is 53.6 Å². The van der Waals surface area contributed by atoms with Crippen LogP contribution in [0.2, 0.25) is 0 Å². The van der Waals surface area contributed by atoms with Gasteiger partial charge in [0.25, 0.3) is 0 Å². The number of aromatic nitrogens is 4. The van der Waals surface area contributed by atoms with Crippen LogP contribution in [0.15, 0.2) is 37.1 Å². The van der Waals surface area contributed by atoms with Gasteiger partial charge in [-0.15, -0.1) is 0 Å². The minimum absolute atomic E-state index is 0.0736. The molecule has 1 unspecified atom stereocenters. The first-order chi connectivity index (χ1) is 21.4. The number of anilines is 1. The number of likely N-dealkylation sites (tertiary alicyclic amines) is 1. The van der Waals surface area contributed by atoms with Crippen LogP contribution in [0.1, 0.15) is 38.3 Å². The molecule has 45 heavy (non-hydrogen) atoms. The highest BCUT2D eigenvalue weighted by molar-refractivity contribution is 14.1. The number of alkyl halides is 1. The summed E-state index contributed by atoms with van der Waals surface area (Å²) >= 11 is 2.53. The molecule has 4 heterocycles. The number of amides is 1. The number of halogens is 2. The second-order valence-electron chi connectivity index (χ2n) is 12.9. The van der Waals surface area contributed by atoms with Gasteiger partial charge in [0.2, 0.25) is 5.91 Å². The molecule has 2 aromatic carbocycles.